The van der Waals surface area contributed by atoms with Gasteiger partial charge >= 0.3 is 0 Å². The molecule has 1 amide bonds. The van der Waals surface area contributed by atoms with Crippen LogP contribution in [0.15, 0.2) is 35.4 Å². The zero-order valence-corrected chi connectivity index (χ0v) is 17.1. The van der Waals surface area contributed by atoms with E-state index in [1.54, 1.807) is 11.3 Å². The van der Waals surface area contributed by atoms with Crippen LogP contribution in [0.5, 0.6) is 0 Å². The average Bonchev–Trinajstić information content (AvgIpc) is 3.04. The summed E-state index contributed by atoms with van der Waals surface area (Å²) in [5.74, 6) is 0.497. The van der Waals surface area contributed by atoms with E-state index in [1.807, 2.05) is 12.1 Å². The van der Waals surface area contributed by atoms with E-state index in [-0.39, 0.29) is 18.0 Å². The number of thiophene rings is 1. The molecule has 0 fully saturated rings. The minimum Gasteiger partial charge on any atom is -0.354 e. The highest BCUT2D eigenvalue weighted by molar-refractivity contribution is 7.18. The molecule has 2 aromatic heterocycles. The van der Waals surface area contributed by atoms with Gasteiger partial charge in [-0.1, -0.05) is 31.2 Å². The van der Waals surface area contributed by atoms with Crippen molar-refractivity contribution in [2.75, 3.05) is 6.54 Å². The number of hydrogen-bond acceptors (Lipinski definition) is 4. The van der Waals surface area contributed by atoms with E-state index in [0.717, 1.165) is 41.5 Å². The number of fused-ring (bicyclic) bond motifs is 3. The second kappa shape index (κ2) is 7.87. The SMILES string of the molecule is Cc1ccccc1CCNC(=O)Cn1cnc2sc3c(c2c1=O)CC[C@@H](C)C3. The van der Waals surface area contributed by atoms with Crippen molar-refractivity contribution in [1.29, 1.82) is 0 Å². The second-order valence-corrected chi connectivity index (χ2v) is 8.82. The van der Waals surface area contributed by atoms with Crippen LogP contribution in [0.25, 0.3) is 10.2 Å². The van der Waals surface area contributed by atoms with Gasteiger partial charge in [-0.05, 0) is 55.2 Å². The van der Waals surface area contributed by atoms with Gasteiger partial charge in [-0.2, -0.15) is 0 Å². The Morgan fingerprint density at radius 1 is 1.36 bits per heavy atom. The topological polar surface area (TPSA) is 64.0 Å². The highest BCUT2D eigenvalue weighted by Crippen LogP contribution is 2.35. The molecule has 146 valence electrons. The Morgan fingerprint density at radius 2 is 2.18 bits per heavy atom. The van der Waals surface area contributed by atoms with E-state index in [2.05, 4.69) is 36.3 Å². The third kappa shape index (κ3) is 3.74. The van der Waals surface area contributed by atoms with E-state index >= 15 is 0 Å². The fraction of sp³-hybridized carbons (Fsp3) is 0.409. The summed E-state index contributed by atoms with van der Waals surface area (Å²) in [4.78, 5) is 31.9. The maximum absolute atomic E-state index is 13.0. The number of aryl methyl sites for hydroxylation is 2. The normalized spacial score (nSPS) is 16.1. The molecule has 0 aliphatic heterocycles. The monoisotopic (exact) mass is 395 g/mol. The maximum Gasteiger partial charge on any atom is 0.262 e. The minimum atomic E-state index is -0.158. The summed E-state index contributed by atoms with van der Waals surface area (Å²) in [5, 5.41) is 3.64. The zero-order chi connectivity index (χ0) is 19.7. The first kappa shape index (κ1) is 18.9. The molecule has 1 N–H and O–H groups in total. The largest absolute Gasteiger partial charge is 0.354 e. The third-order valence-corrected chi connectivity index (χ3v) is 6.74. The number of carbonyl (C=O) groups excluding carboxylic acids is 1. The highest BCUT2D eigenvalue weighted by atomic mass is 32.1. The molecule has 0 spiro atoms. The molecule has 0 bridgehead atoms. The number of aromatic nitrogens is 2. The van der Waals surface area contributed by atoms with Gasteiger partial charge in [-0.25, -0.2) is 4.98 Å². The van der Waals surface area contributed by atoms with Gasteiger partial charge in [0.1, 0.15) is 11.4 Å². The van der Waals surface area contributed by atoms with Gasteiger partial charge in [0.2, 0.25) is 5.91 Å². The van der Waals surface area contributed by atoms with Gasteiger partial charge < -0.3 is 5.32 Å². The number of carbonyl (C=O) groups is 1. The molecule has 1 aliphatic carbocycles. The van der Waals surface area contributed by atoms with Gasteiger partial charge in [0.05, 0.1) is 11.7 Å². The fourth-order valence-electron chi connectivity index (χ4n) is 3.92. The molecule has 3 aromatic rings. The molecule has 0 radical (unpaired) electrons. The Hall–Kier alpha value is -2.47. The Labute approximate surface area is 168 Å². The molecule has 0 unspecified atom stereocenters. The highest BCUT2D eigenvalue weighted by Gasteiger charge is 2.23. The predicted molar refractivity (Wildman–Crippen MR) is 113 cm³/mol. The maximum atomic E-state index is 13.0. The first-order chi connectivity index (χ1) is 13.5. The Bertz CT molecular complexity index is 1080. The van der Waals surface area contributed by atoms with Crippen LogP contribution >= 0.6 is 11.3 Å². The molecule has 1 aromatic carbocycles. The summed E-state index contributed by atoms with van der Waals surface area (Å²) in [5.41, 5.74) is 3.51. The molecule has 2 heterocycles. The molecular weight excluding hydrogens is 370 g/mol. The van der Waals surface area contributed by atoms with Crippen molar-refractivity contribution in [3.63, 3.8) is 0 Å². The predicted octanol–water partition coefficient (Wildman–Crippen LogP) is 3.25. The van der Waals surface area contributed by atoms with Crippen molar-refractivity contribution in [2.45, 2.75) is 46.1 Å². The first-order valence-corrected chi connectivity index (χ1v) is 10.7. The minimum absolute atomic E-state index is 0.0105. The van der Waals surface area contributed by atoms with Gasteiger partial charge in [-0.3, -0.25) is 14.2 Å². The van der Waals surface area contributed by atoms with Gasteiger partial charge in [0, 0.05) is 11.4 Å². The molecule has 1 aliphatic rings. The van der Waals surface area contributed by atoms with Crippen molar-refractivity contribution in [3.8, 4) is 0 Å². The summed E-state index contributed by atoms with van der Waals surface area (Å²) in [7, 11) is 0. The molecule has 28 heavy (non-hydrogen) atoms. The number of rotatable bonds is 5. The lowest BCUT2D eigenvalue weighted by molar-refractivity contribution is -0.121. The number of nitrogens with one attached hydrogen (secondary N) is 1. The molecule has 0 saturated heterocycles. The van der Waals surface area contributed by atoms with E-state index in [0.29, 0.717) is 12.5 Å². The van der Waals surface area contributed by atoms with Crippen LogP contribution in [0.2, 0.25) is 0 Å². The molecule has 5 nitrogen and oxygen atoms in total. The summed E-state index contributed by atoms with van der Waals surface area (Å²) in [6.07, 6.45) is 5.35. The van der Waals surface area contributed by atoms with E-state index in [9.17, 15) is 9.59 Å². The summed E-state index contributed by atoms with van der Waals surface area (Å²) < 4.78 is 1.44. The van der Waals surface area contributed by atoms with Crippen molar-refractivity contribution < 1.29 is 4.79 Å². The van der Waals surface area contributed by atoms with Crippen LogP contribution in [0.4, 0.5) is 0 Å². The lowest BCUT2D eigenvalue weighted by Crippen LogP contribution is -2.33. The van der Waals surface area contributed by atoms with Crippen LogP contribution in [-0.2, 0) is 30.6 Å². The summed E-state index contributed by atoms with van der Waals surface area (Å²) >= 11 is 1.63. The van der Waals surface area contributed by atoms with E-state index in [1.165, 1.54) is 26.9 Å². The number of amides is 1. The molecule has 0 saturated carbocycles. The number of nitrogens with zero attached hydrogens (tertiary/aromatic N) is 2. The van der Waals surface area contributed by atoms with Crippen molar-refractivity contribution in [1.82, 2.24) is 14.9 Å². The fourth-order valence-corrected chi connectivity index (χ4v) is 5.26. The van der Waals surface area contributed by atoms with E-state index < -0.39 is 0 Å². The van der Waals surface area contributed by atoms with Crippen LogP contribution in [0.1, 0.15) is 34.9 Å². The van der Waals surface area contributed by atoms with Crippen LogP contribution in [0.3, 0.4) is 0 Å². The molecule has 4 rings (SSSR count). The number of hydrogen-bond donors (Lipinski definition) is 1. The smallest absolute Gasteiger partial charge is 0.262 e. The second-order valence-electron chi connectivity index (χ2n) is 7.74. The average molecular weight is 396 g/mol. The van der Waals surface area contributed by atoms with Crippen molar-refractivity contribution in [2.24, 2.45) is 5.92 Å². The zero-order valence-electron chi connectivity index (χ0n) is 16.3. The van der Waals surface area contributed by atoms with Crippen LogP contribution < -0.4 is 10.9 Å². The number of benzene rings is 1. The quantitative estimate of drug-likeness (QED) is 0.721. The third-order valence-electron chi connectivity index (χ3n) is 5.57. The Morgan fingerprint density at radius 3 is 3.00 bits per heavy atom. The molecule has 1 atom stereocenters. The van der Waals surface area contributed by atoms with Crippen molar-refractivity contribution in [3.05, 3.63) is 62.5 Å². The standard InChI is InChI=1S/C22H25N3O2S/c1-14-7-8-17-18(11-14)28-21-20(17)22(27)25(13-24-21)12-19(26)23-10-9-16-6-4-3-5-15(16)2/h3-6,13-14H,7-12H2,1-2H3,(H,23,26)/t14-/m1/s1. The lowest BCUT2D eigenvalue weighted by Gasteiger charge is -2.17. The van der Waals surface area contributed by atoms with Gasteiger partial charge in [0.15, 0.2) is 0 Å². The molecule has 6 heteroatoms. The van der Waals surface area contributed by atoms with Crippen LogP contribution in [0, 0.1) is 12.8 Å². The van der Waals surface area contributed by atoms with Gasteiger partial charge in [-0.15, -0.1) is 11.3 Å². The summed E-state index contributed by atoms with van der Waals surface area (Å²) in [6, 6.07) is 8.16. The van der Waals surface area contributed by atoms with Gasteiger partial charge in [0.25, 0.3) is 5.56 Å². The molecular formula is C22H25N3O2S. The van der Waals surface area contributed by atoms with Crippen molar-refractivity contribution >= 4 is 27.5 Å². The first-order valence-electron chi connectivity index (χ1n) is 9.84. The summed E-state index contributed by atoms with van der Waals surface area (Å²) in [6.45, 7) is 4.89. The Balaban J connectivity index is 1.46. The van der Waals surface area contributed by atoms with Crippen LogP contribution in [-0.4, -0.2) is 22.0 Å². The lowest BCUT2D eigenvalue weighted by atomic mass is 9.89. The van der Waals surface area contributed by atoms with E-state index in [4.69, 9.17) is 0 Å². The Kier molecular flexibility index (Phi) is 5.31.